The van der Waals surface area contributed by atoms with Crippen molar-refractivity contribution in [3.05, 3.63) is 33.5 Å². The van der Waals surface area contributed by atoms with Crippen molar-refractivity contribution in [2.24, 2.45) is 0 Å². The molecule has 0 saturated heterocycles. The number of nitro groups is 1. The molecule has 7 heteroatoms. The fourth-order valence-electron chi connectivity index (χ4n) is 2.27. The fourth-order valence-corrected chi connectivity index (χ4v) is 2.27. The molecule has 1 N–H and O–H groups in total. The van der Waals surface area contributed by atoms with E-state index in [0.29, 0.717) is 23.1 Å². The summed E-state index contributed by atoms with van der Waals surface area (Å²) in [5.74, 6) is -0.342. The number of hydrogen-bond acceptors (Lipinski definition) is 5. The minimum atomic E-state index is -0.529. The molecule has 7 nitrogen and oxygen atoms in total. The number of aromatic amines is 1. The zero-order chi connectivity index (χ0) is 15.6. The Morgan fingerprint density at radius 1 is 1.33 bits per heavy atom. The molecule has 0 saturated carbocycles. The highest BCUT2D eigenvalue weighted by molar-refractivity contribution is 6.02. The molecule has 0 aliphatic heterocycles. The second-order valence-corrected chi connectivity index (χ2v) is 4.37. The highest BCUT2D eigenvalue weighted by atomic mass is 16.6. The zero-order valence-corrected chi connectivity index (χ0v) is 12.1. The third kappa shape index (κ3) is 2.54. The predicted molar refractivity (Wildman–Crippen MR) is 76.8 cm³/mol. The van der Waals surface area contributed by atoms with Crippen molar-refractivity contribution in [1.82, 2.24) is 4.98 Å². The smallest absolute Gasteiger partial charge is 0.355 e. The molecule has 2 aromatic rings. The Hall–Kier alpha value is -2.57. The van der Waals surface area contributed by atoms with Gasteiger partial charge in [-0.15, -0.1) is 0 Å². The Labute approximate surface area is 121 Å². The topological polar surface area (TPSA) is 94.5 Å². The van der Waals surface area contributed by atoms with Gasteiger partial charge < -0.3 is 14.5 Å². The van der Waals surface area contributed by atoms with Crippen LogP contribution >= 0.6 is 0 Å². The average molecular weight is 292 g/mol. The fraction of sp³-hybridized carbons (Fsp3) is 0.357. The van der Waals surface area contributed by atoms with Crippen LogP contribution in [-0.2, 0) is 4.74 Å². The number of hydrogen-bond donors (Lipinski definition) is 1. The molecule has 0 aliphatic carbocycles. The summed E-state index contributed by atoms with van der Waals surface area (Å²) < 4.78 is 10.3. The van der Waals surface area contributed by atoms with Gasteiger partial charge in [0.2, 0.25) is 0 Å². The molecule has 0 unspecified atom stereocenters. The molecule has 112 valence electrons. The Bertz CT molecular complexity index is 705. The van der Waals surface area contributed by atoms with Crippen LogP contribution in [0.15, 0.2) is 12.1 Å². The molecule has 0 fully saturated rings. The molecular formula is C14H16N2O5. The number of carbonyl (C=O) groups excluding carboxylic acids is 1. The van der Waals surface area contributed by atoms with Crippen LogP contribution in [0.1, 0.15) is 29.9 Å². The number of carbonyl (C=O) groups is 1. The van der Waals surface area contributed by atoms with Crippen LogP contribution in [0.2, 0.25) is 0 Å². The number of nitro benzene ring substituents is 1. The van der Waals surface area contributed by atoms with E-state index in [0.717, 1.165) is 0 Å². The number of ether oxygens (including phenoxy) is 2. The minimum Gasteiger partial charge on any atom is -0.487 e. The summed E-state index contributed by atoms with van der Waals surface area (Å²) >= 11 is 0. The molecule has 0 radical (unpaired) electrons. The minimum absolute atomic E-state index is 0.140. The van der Waals surface area contributed by atoms with Gasteiger partial charge in [0.05, 0.1) is 29.0 Å². The third-order valence-corrected chi connectivity index (χ3v) is 3.11. The lowest BCUT2D eigenvalue weighted by atomic mass is 10.1. The Balaban J connectivity index is 2.71. The standard InChI is InChI=1S/C14H16N2O5/c1-4-20-10-7-6-9-11(13(10)16(18)19)8(3)12(15-9)14(17)21-5-2/h6-7,15H,4-5H2,1-3H3. The molecule has 0 atom stereocenters. The van der Waals surface area contributed by atoms with Crippen LogP contribution in [0, 0.1) is 17.0 Å². The Kier molecular flexibility index (Phi) is 4.11. The number of benzene rings is 1. The summed E-state index contributed by atoms with van der Waals surface area (Å²) in [4.78, 5) is 25.6. The second kappa shape index (κ2) is 5.82. The molecule has 1 aromatic carbocycles. The normalized spacial score (nSPS) is 10.6. The first-order valence-corrected chi connectivity index (χ1v) is 6.60. The number of rotatable bonds is 5. The Morgan fingerprint density at radius 2 is 2.05 bits per heavy atom. The summed E-state index contributed by atoms with van der Waals surface area (Å²) in [5, 5.41) is 11.7. The van der Waals surface area contributed by atoms with E-state index < -0.39 is 10.9 Å². The molecule has 0 bridgehead atoms. The summed E-state index contributed by atoms with van der Waals surface area (Å²) in [6.07, 6.45) is 0. The van der Waals surface area contributed by atoms with E-state index in [1.165, 1.54) is 6.07 Å². The number of H-pyrrole nitrogens is 1. The van der Waals surface area contributed by atoms with E-state index in [-0.39, 0.29) is 23.7 Å². The van der Waals surface area contributed by atoms with Crippen LogP contribution in [0.4, 0.5) is 5.69 Å². The first-order valence-electron chi connectivity index (χ1n) is 6.60. The molecule has 0 spiro atoms. The lowest BCUT2D eigenvalue weighted by Crippen LogP contribution is -2.06. The van der Waals surface area contributed by atoms with Gasteiger partial charge in [-0.3, -0.25) is 10.1 Å². The molecular weight excluding hydrogens is 276 g/mol. The van der Waals surface area contributed by atoms with Gasteiger partial charge in [0, 0.05) is 0 Å². The van der Waals surface area contributed by atoms with Crippen molar-refractivity contribution in [2.45, 2.75) is 20.8 Å². The number of nitrogens with one attached hydrogen (secondary N) is 1. The molecule has 1 heterocycles. The zero-order valence-electron chi connectivity index (χ0n) is 12.1. The van der Waals surface area contributed by atoms with Crippen molar-refractivity contribution in [1.29, 1.82) is 0 Å². The largest absolute Gasteiger partial charge is 0.487 e. The van der Waals surface area contributed by atoms with Gasteiger partial charge in [-0.2, -0.15) is 0 Å². The molecule has 2 rings (SSSR count). The highest BCUT2D eigenvalue weighted by Gasteiger charge is 2.26. The van der Waals surface area contributed by atoms with E-state index >= 15 is 0 Å². The summed E-state index contributed by atoms with van der Waals surface area (Å²) in [6, 6.07) is 3.18. The van der Waals surface area contributed by atoms with Gasteiger partial charge >= 0.3 is 11.7 Å². The summed E-state index contributed by atoms with van der Waals surface area (Å²) in [6.45, 7) is 5.65. The lowest BCUT2D eigenvalue weighted by molar-refractivity contribution is -0.384. The van der Waals surface area contributed by atoms with Crippen LogP contribution in [0.3, 0.4) is 0 Å². The lowest BCUT2D eigenvalue weighted by Gasteiger charge is -2.05. The van der Waals surface area contributed by atoms with Crippen molar-refractivity contribution in [3.63, 3.8) is 0 Å². The van der Waals surface area contributed by atoms with E-state index in [2.05, 4.69) is 4.98 Å². The third-order valence-electron chi connectivity index (χ3n) is 3.11. The number of fused-ring (bicyclic) bond motifs is 1. The van der Waals surface area contributed by atoms with E-state index in [1.807, 2.05) is 0 Å². The van der Waals surface area contributed by atoms with Crippen molar-refractivity contribution >= 4 is 22.6 Å². The summed E-state index contributed by atoms with van der Waals surface area (Å²) in [5.41, 5.74) is 1.07. The van der Waals surface area contributed by atoms with Gasteiger partial charge in [0.25, 0.3) is 0 Å². The number of nitrogens with zero attached hydrogens (tertiary/aromatic N) is 1. The molecule has 21 heavy (non-hydrogen) atoms. The van der Waals surface area contributed by atoms with E-state index in [4.69, 9.17) is 9.47 Å². The summed E-state index contributed by atoms with van der Waals surface area (Å²) in [7, 11) is 0. The number of esters is 1. The SMILES string of the molecule is CCOC(=O)c1[nH]c2ccc(OCC)c([N+](=O)[O-])c2c1C. The predicted octanol–water partition coefficient (Wildman–Crippen LogP) is 2.96. The van der Waals surface area contributed by atoms with Gasteiger partial charge in [-0.05, 0) is 38.5 Å². The Morgan fingerprint density at radius 3 is 2.62 bits per heavy atom. The van der Waals surface area contributed by atoms with E-state index in [9.17, 15) is 14.9 Å². The second-order valence-electron chi connectivity index (χ2n) is 4.37. The average Bonchev–Trinajstić information content (AvgIpc) is 2.77. The van der Waals surface area contributed by atoms with Crippen molar-refractivity contribution in [2.75, 3.05) is 13.2 Å². The molecule has 1 aromatic heterocycles. The van der Waals surface area contributed by atoms with Gasteiger partial charge in [0.1, 0.15) is 5.69 Å². The maximum absolute atomic E-state index is 11.9. The van der Waals surface area contributed by atoms with Crippen LogP contribution < -0.4 is 4.74 Å². The first kappa shape index (κ1) is 14.8. The van der Waals surface area contributed by atoms with Crippen LogP contribution in [0.25, 0.3) is 10.9 Å². The van der Waals surface area contributed by atoms with Gasteiger partial charge in [-0.1, -0.05) is 0 Å². The van der Waals surface area contributed by atoms with Crippen molar-refractivity contribution < 1.29 is 19.2 Å². The van der Waals surface area contributed by atoms with Crippen LogP contribution in [-0.4, -0.2) is 29.1 Å². The van der Waals surface area contributed by atoms with Crippen LogP contribution in [0.5, 0.6) is 5.75 Å². The van der Waals surface area contributed by atoms with Crippen molar-refractivity contribution in [3.8, 4) is 5.75 Å². The van der Waals surface area contributed by atoms with E-state index in [1.54, 1.807) is 26.8 Å². The molecule has 0 aliphatic rings. The maximum Gasteiger partial charge on any atom is 0.355 e. The molecule has 0 amide bonds. The quantitative estimate of drug-likeness (QED) is 0.519. The van der Waals surface area contributed by atoms with Gasteiger partial charge in [0.15, 0.2) is 5.75 Å². The number of aromatic nitrogens is 1. The maximum atomic E-state index is 11.9. The van der Waals surface area contributed by atoms with Gasteiger partial charge in [-0.25, -0.2) is 4.79 Å². The monoisotopic (exact) mass is 292 g/mol. The first-order chi connectivity index (χ1) is 10.0. The highest BCUT2D eigenvalue weighted by Crippen LogP contribution is 2.38. The number of aryl methyl sites for hydroxylation is 1.